The lowest BCUT2D eigenvalue weighted by molar-refractivity contribution is -0.137. The number of aromatic nitrogens is 1. The Morgan fingerprint density at radius 3 is 2.95 bits per heavy atom. The molecule has 100 valence electrons. The van der Waals surface area contributed by atoms with Gasteiger partial charge in [-0.15, -0.1) is 0 Å². The zero-order chi connectivity index (χ0) is 13.6. The molecule has 1 aromatic heterocycles. The standard InChI is InChI=1S/C14H13F2NO2/c15-8-5-10-9-3-1-2-7(4-12(18)19)13(9)17-14(10)11(16)6-8/h5-7,17H,1-4H2,(H,18,19). The highest BCUT2D eigenvalue weighted by atomic mass is 19.1. The van der Waals surface area contributed by atoms with Crippen LogP contribution in [-0.2, 0) is 11.2 Å². The van der Waals surface area contributed by atoms with Crippen molar-refractivity contribution in [1.29, 1.82) is 0 Å². The predicted molar refractivity (Wildman–Crippen MR) is 66.1 cm³/mol. The van der Waals surface area contributed by atoms with Crippen LogP contribution in [0.3, 0.4) is 0 Å². The fourth-order valence-electron chi connectivity index (χ4n) is 3.00. The number of aromatic amines is 1. The van der Waals surface area contributed by atoms with Crippen molar-refractivity contribution < 1.29 is 18.7 Å². The summed E-state index contributed by atoms with van der Waals surface area (Å²) >= 11 is 0. The van der Waals surface area contributed by atoms with Crippen LogP contribution >= 0.6 is 0 Å². The van der Waals surface area contributed by atoms with Crippen molar-refractivity contribution >= 4 is 16.9 Å². The Kier molecular flexibility index (Phi) is 2.77. The number of aliphatic carboxylic acids is 1. The maximum Gasteiger partial charge on any atom is 0.304 e. The average molecular weight is 265 g/mol. The number of H-pyrrole nitrogens is 1. The number of halogens is 2. The van der Waals surface area contributed by atoms with Crippen LogP contribution in [0.25, 0.3) is 10.9 Å². The summed E-state index contributed by atoms with van der Waals surface area (Å²) in [7, 11) is 0. The van der Waals surface area contributed by atoms with Crippen LogP contribution in [0.4, 0.5) is 8.78 Å². The van der Waals surface area contributed by atoms with Crippen molar-refractivity contribution in [3.63, 3.8) is 0 Å². The summed E-state index contributed by atoms with van der Waals surface area (Å²) in [4.78, 5) is 13.8. The Balaban J connectivity index is 2.18. The van der Waals surface area contributed by atoms with E-state index in [-0.39, 0.29) is 17.9 Å². The second kappa shape index (κ2) is 4.33. The number of nitrogens with one attached hydrogen (secondary N) is 1. The Morgan fingerprint density at radius 1 is 1.42 bits per heavy atom. The zero-order valence-electron chi connectivity index (χ0n) is 10.2. The molecule has 2 N–H and O–H groups in total. The van der Waals surface area contributed by atoms with Gasteiger partial charge < -0.3 is 10.1 Å². The van der Waals surface area contributed by atoms with Gasteiger partial charge in [-0.2, -0.15) is 0 Å². The van der Waals surface area contributed by atoms with E-state index >= 15 is 0 Å². The van der Waals surface area contributed by atoms with E-state index in [9.17, 15) is 13.6 Å². The van der Waals surface area contributed by atoms with Gasteiger partial charge in [0.25, 0.3) is 0 Å². The van der Waals surface area contributed by atoms with E-state index in [4.69, 9.17) is 5.11 Å². The largest absolute Gasteiger partial charge is 0.481 e. The predicted octanol–water partition coefficient (Wildman–Crippen LogP) is 3.34. The normalized spacial score (nSPS) is 18.5. The number of aryl methyl sites for hydroxylation is 1. The number of hydrogen-bond acceptors (Lipinski definition) is 1. The highest BCUT2D eigenvalue weighted by Crippen LogP contribution is 2.38. The lowest BCUT2D eigenvalue weighted by Gasteiger charge is -2.20. The molecule has 0 saturated heterocycles. The molecule has 1 aliphatic carbocycles. The Hall–Kier alpha value is -1.91. The van der Waals surface area contributed by atoms with Crippen LogP contribution in [0.15, 0.2) is 12.1 Å². The van der Waals surface area contributed by atoms with Crippen LogP contribution < -0.4 is 0 Å². The summed E-state index contributed by atoms with van der Waals surface area (Å²) in [5.41, 5.74) is 1.91. The van der Waals surface area contributed by atoms with Crippen LogP contribution in [0.2, 0.25) is 0 Å². The SMILES string of the molecule is O=C(O)CC1CCCc2c1[nH]c1c(F)cc(F)cc21. The van der Waals surface area contributed by atoms with Crippen LogP contribution in [0, 0.1) is 11.6 Å². The molecule has 0 fully saturated rings. The minimum atomic E-state index is -0.872. The summed E-state index contributed by atoms with van der Waals surface area (Å²) in [6, 6.07) is 2.16. The first kappa shape index (κ1) is 12.1. The molecule has 1 unspecified atom stereocenters. The Bertz CT molecular complexity index is 663. The average Bonchev–Trinajstić information content (AvgIpc) is 2.69. The number of benzene rings is 1. The summed E-state index contributed by atoms with van der Waals surface area (Å²) in [6.07, 6.45) is 2.35. The molecule has 0 bridgehead atoms. The summed E-state index contributed by atoms with van der Waals surface area (Å²) in [5.74, 6) is -2.25. The Labute approximate surface area is 108 Å². The monoisotopic (exact) mass is 265 g/mol. The maximum absolute atomic E-state index is 13.7. The van der Waals surface area contributed by atoms with Crippen molar-refractivity contribution in [2.24, 2.45) is 0 Å². The smallest absolute Gasteiger partial charge is 0.304 e. The zero-order valence-corrected chi connectivity index (χ0v) is 10.2. The lowest BCUT2D eigenvalue weighted by atomic mass is 9.85. The van der Waals surface area contributed by atoms with Crippen LogP contribution in [-0.4, -0.2) is 16.1 Å². The summed E-state index contributed by atoms with van der Waals surface area (Å²) in [6.45, 7) is 0. The highest BCUT2D eigenvalue weighted by Gasteiger charge is 2.27. The van der Waals surface area contributed by atoms with E-state index in [1.54, 1.807) is 0 Å². The van der Waals surface area contributed by atoms with Crippen molar-refractivity contribution in [2.45, 2.75) is 31.6 Å². The quantitative estimate of drug-likeness (QED) is 0.875. The molecular weight excluding hydrogens is 252 g/mol. The number of fused-ring (bicyclic) bond motifs is 3. The molecule has 1 heterocycles. The number of hydrogen-bond donors (Lipinski definition) is 2. The van der Waals surface area contributed by atoms with Crippen LogP contribution in [0.1, 0.15) is 36.4 Å². The first-order valence-corrected chi connectivity index (χ1v) is 6.27. The molecule has 0 radical (unpaired) electrons. The molecule has 1 aromatic carbocycles. The van der Waals surface area contributed by atoms with Crippen molar-refractivity contribution in [1.82, 2.24) is 4.98 Å². The van der Waals surface area contributed by atoms with Gasteiger partial charge in [0.2, 0.25) is 0 Å². The number of rotatable bonds is 2. The highest BCUT2D eigenvalue weighted by molar-refractivity contribution is 5.86. The molecule has 5 heteroatoms. The first-order chi connectivity index (χ1) is 9.06. The molecule has 0 spiro atoms. The molecule has 3 rings (SSSR count). The topological polar surface area (TPSA) is 53.1 Å². The first-order valence-electron chi connectivity index (χ1n) is 6.27. The summed E-state index contributed by atoms with van der Waals surface area (Å²) < 4.78 is 27.0. The second-order valence-corrected chi connectivity index (χ2v) is 5.01. The van der Waals surface area contributed by atoms with Crippen LogP contribution in [0.5, 0.6) is 0 Å². The van der Waals surface area contributed by atoms with Gasteiger partial charge in [-0.25, -0.2) is 8.78 Å². The summed E-state index contributed by atoms with van der Waals surface area (Å²) in [5, 5.41) is 9.46. The van der Waals surface area contributed by atoms with E-state index in [2.05, 4.69) is 4.98 Å². The third-order valence-electron chi connectivity index (χ3n) is 3.77. The van der Waals surface area contributed by atoms with E-state index in [0.717, 1.165) is 36.6 Å². The molecular formula is C14H13F2NO2. The second-order valence-electron chi connectivity index (χ2n) is 5.01. The third-order valence-corrected chi connectivity index (χ3v) is 3.77. The lowest BCUT2D eigenvalue weighted by Crippen LogP contribution is -2.13. The minimum absolute atomic E-state index is 0.0178. The van der Waals surface area contributed by atoms with Gasteiger partial charge in [0, 0.05) is 23.1 Å². The molecule has 2 aromatic rings. The van der Waals surface area contributed by atoms with Gasteiger partial charge in [-0.1, -0.05) is 0 Å². The van der Waals surface area contributed by atoms with Gasteiger partial charge in [-0.05, 0) is 30.9 Å². The van der Waals surface area contributed by atoms with Gasteiger partial charge in [0.1, 0.15) is 11.6 Å². The fraction of sp³-hybridized carbons (Fsp3) is 0.357. The molecule has 0 saturated carbocycles. The Morgan fingerprint density at radius 2 is 2.21 bits per heavy atom. The molecule has 3 nitrogen and oxygen atoms in total. The van der Waals surface area contributed by atoms with Crippen molar-refractivity contribution in [3.05, 3.63) is 35.0 Å². The number of carboxylic acid groups (broad SMARTS) is 1. The van der Waals surface area contributed by atoms with Crippen molar-refractivity contribution in [2.75, 3.05) is 0 Å². The number of carboxylic acids is 1. The molecule has 1 atom stereocenters. The van der Waals surface area contributed by atoms with E-state index < -0.39 is 17.6 Å². The van der Waals surface area contributed by atoms with E-state index in [0.29, 0.717) is 5.39 Å². The molecule has 0 aliphatic heterocycles. The minimum Gasteiger partial charge on any atom is -0.481 e. The number of carbonyl (C=O) groups is 1. The van der Waals surface area contributed by atoms with Gasteiger partial charge in [-0.3, -0.25) is 4.79 Å². The molecule has 0 amide bonds. The van der Waals surface area contributed by atoms with E-state index in [1.807, 2.05) is 0 Å². The van der Waals surface area contributed by atoms with Crippen molar-refractivity contribution in [3.8, 4) is 0 Å². The fourth-order valence-corrected chi connectivity index (χ4v) is 3.00. The third kappa shape index (κ3) is 1.99. The van der Waals surface area contributed by atoms with Gasteiger partial charge in [0.05, 0.1) is 11.9 Å². The molecule has 19 heavy (non-hydrogen) atoms. The van der Waals surface area contributed by atoms with E-state index in [1.165, 1.54) is 6.07 Å². The molecule has 1 aliphatic rings. The van der Waals surface area contributed by atoms with Gasteiger partial charge >= 0.3 is 5.97 Å². The maximum atomic E-state index is 13.7. The van der Waals surface area contributed by atoms with Gasteiger partial charge in [0.15, 0.2) is 0 Å².